The molecule has 0 heterocycles. The van der Waals surface area contributed by atoms with Crippen LogP contribution in [0, 0.1) is 23.6 Å². The topological polar surface area (TPSA) is 24.1 Å². The van der Waals surface area contributed by atoms with Crippen molar-refractivity contribution in [3.8, 4) is 0 Å². The third kappa shape index (κ3) is 4.67. The minimum Gasteiger partial charge on any atom is -0.359 e. The van der Waals surface area contributed by atoms with Crippen LogP contribution in [-0.2, 0) is 0 Å². The lowest BCUT2D eigenvalue weighted by Gasteiger charge is -2.38. The predicted molar refractivity (Wildman–Crippen MR) is 90.9 cm³/mol. The van der Waals surface area contributed by atoms with Crippen LogP contribution in [0.25, 0.3) is 0 Å². The van der Waals surface area contributed by atoms with Crippen molar-refractivity contribution in [3.05, 3.63) is 30.1 Å². The fraction of sp³-hybridized carbons (Fsp3) is 0.588. The standard InChI is InChI=1S/C17H25FN2S/c1-11(2)15-8-7-12(3)9-16(15)20-17(21)19-14-6-4-5-13(18)10-14/h4-6,10-12,15-16H,7-9H2,1-3H3,(H2,19,20,21)/t12-,15-,16+/m1/s1. The summed E-state index contributed by atoms with van der Waals surface area (Å²) in [7, 11) is 0. The van der Waals surface area contributed by atoms with Gasteiger partial charge in [-0.25, -0.2) is 4.39 Å². The largest absolute Gasteiger partial charge is 0.359 e. The minimum atomic E-state index is -0.255. The molecule has 1 aromatic carbocycles. The Kier molecular flexibility index (Phi) is 5.57. The molecule has 1 fully saturated rings. The lowest BCUT2D eigenvalue weighted by molar-refractivity contribution is 0.186. The molecule has 0 unspecified atom stereocenters. The van der Waals surface area contributed by atoms with Crippen molar-refractivity contribution in [2.24, 2.45) is 17.8 Å². The lowest BCUT2D eigenvalue weighted by Crippen LogP contribution is -2.47. The highest BCUT2D eigenvalue weighted by Crippen LogP contribution is 2.33. The number of anilines is 1. The van der Waals surface area contributed by atoms with E-state index >= 15 is 0 Å². The average molecular weight is 308 g/mol. The van der Waals surface area contributed by atoms with Gasteiger partial charge in [-0.1, -0.05) is 33.3 Å². The van der Waals surface area contributed by atoms with Crippen LogP contribution in [0.3, 0.4) is 0 Å². The fourth-order valence-corrected chi connectivity index (χ4v) is 3.54. The average Bonchev–Trinajstić information content (AvgIpc) is 2.38. The summed E-state index contributed by atoms with van der Waals surface area (Å²) >= 11 is 5.39. The zero-order chi connectivity index (χ0) is 15.4. The molecule has 4 heteroatoms. The molecule has 2 nitrogen and oxygen atoms in total. The number of benzene rings is 1. The molecule has 0 aliphatic heterocycles. The third-order valence-electron chi connectivity index (χ3n) is 4.42. The highest BCUT2D eigenvalue weighted by Gasteiger charge is 2.30. The molecule has 0 saturated heterocycles. The predicted octanol–water partition coefficient (Wildman–Crippen LogP) is 4.57. The molecule has 0 spiro atoms. The Morgan fingerprint density at radius 2 is 2.10 bits per heavy atom. The highest BCUT2D eigenvalue weighted by molar-refractivity contribution is 7.80. The van der Waals surface area contributed by atoms with E-state index in [0.717, 1.165) is 12.3 Å². The van der Waals surface area contributed by atoms with Gasteiger partial charge in [0.2, 0.25) is 0 Å². The number of nitrogens with one attached hydrogen (secondary N) is 2. The van der Waals surface area contributed by atoms with Crippen molar-refractivity contribution in [2.45, 2.75) is 46.1 Å². The van der Waals surface area contributed by atoms with Crippen molar-refractivity contribution in [3.63, 3.8) is 0 Å². The summed E-state index contributed by atoms with van der Waals surface area (Å²) in [4.78, 5) is 0. The van der Waals surface area contributed by atoms with Gasteiger partial charge in [0.1, 0.15) is 5.82 Å². The first kappa shape index (κ1) is 16.2. The first-order valence-corrected chi connectivity index (χ1v) is 8.19. The van der Waals surface area contributed by atoms with E-state index in [2.05, 4.69) is 31.4 Å². The maximum atomic E-state index is 13.2. The summed E-state index contributed by atoms with van der Waals surface area (Å²) in [5.74, 6) is 1.77. The lowest BCUT2D eigenvalue weighted by atomic mass is 9.74. The molecule has 1 aliphatic rings. The van der Waals surface area contributed by atoms with Crippen LogP contribution < -0.4 is 10.6 Å². The Hall–Kier alpha value is -1.16. The molecule has 0 bridgehead atoms. The highest BCUT2D eigenvalue weighted by atomic mass is 32.1. The summed E-state index contributed by atoms with van der Waals surface area (Å²) in [6.07, 6.45) is 3.69. The van der Waals surface area contributed by atoms with E-state index in [-0.39, 0.29) is 5.82 Å². The van der Waals surface area contributed by atoms with Crippen molar-refractivity contribution in [1.82, 2.24) is 5.32 Å². The Labute approximate surface area is 132 Å². The van der Waals surface area contributed by atoms with Gasteiger partial charge in [-0.05, 0) is 61.0 Å². The van der Waals surface area contributed by atoms with Crippen LogP contribution in [-0.4, -0.2) is 11.2 Å². The quantitative estimate of drug-likeness (QED) is 0.800. The van der Waals surface area contributed by atoms with Crippen LogP contribution in [0.15, 0.2) is 24.3 Å². The molecule has 2 rings (SSSR count). The summed E-state index contributed by atoms with van der Waals surface area (Å²) in [6, 6.07) is 6.79. The Morgan fingerprint density at radius 3 is 2.76 bits per heavy atom. The van der Waals surface area contributed by atoms with E-state index < -0.39 is 0 Å². The number of thiocarbonyl (C=S) groups is 1. The molecule has 2 N–H and O–H groups in total. The molecular weight excluding hydrogens is 283 g/mol. The third-order valence-corrected chi connectivity index (χ3v) is 4.64. The van der Waals surface area contributed by atoms with Gasteiger partial charge >= 0.3 is 0 Å². The molecular formula is C17H25FN2S. The second kappa shape index (κ2) is 7.21. The number of hydrogen-bond donors (Lipinski definition) is 2. The number of rotatable bonds is 3. The van der Waals surface area contributed by atoms with Gasteiger partial charge in [0.05, 0.1) is 0 Å². The molecule has 0 radical (unpaired) electrons. The molecule has 0 amide bonds. The summed E-state index contributed by atoms with van der Waals surface area (Å²) < 4.78 is 13.2. The van der Waals surface area contributed by atoms with Crippen LogP contribution >= 0.6 is 12.2 Å². The van der Waals surface area contributed by atoms with Crippen LogP contribution in [0.1, 0.15) is 40.0 Å². The second-order valence-electron chi connectivity index (χ2n) is 6.54. The van der Waals surface area contributed by atoms with Gasteiger partial charge in [-0.2, -0.15) is 0 Å². The monoisotopic (exact) mass is 308 g/mol. The molecule has 116 valence electrons. The van der Waals surface area contributed by atoms with Crippen LogP contribution in [0.2, 0.25) is 0 Å². The van der Waals surface area contributed by atoms with Gasteiger partial charge < -0.3 is 10.6 Å². The smallest absolute Gasteiger partial charge is 0.171 e. The van der Waals surface area contributed by atoms with Crippen molar-refractivity contribution in [2.75, 3.05) is 5.32 Å². The molecule has 21 heavy (non-hydrogen) atoms. The number of halogens is 1. The molecule has 0 aromatic heterocycles. The maximum absolute atomic E-state index is 13.2. The second-order valence-corrected chi connectivity index (χ2v) is 6.95. The first-order valence-electron chi connectivity index (χ1n) is 7.78. The van der Waals surface area contributed by atoms with E-state index in [9.17, 15) is 4.39 Å². The van der Waals surface area contributed by atoms with Crippen molar-refractivity contribution >= 4 is 23.0 Å². The summed E-state index contributed by atoms with van der Waals surface area (Å²) in [6.45, 7) is 6.85. The zero-order valence-electron chi connectivity index (χ0n) is 13.0. The SMILES string of the molecule is CC(C)[C@H]1CC[C@@H](C)C[C@@H]1NC(=S)Nc1cccc(F)c1. The molecule has 1 saturated carbocycles. The normalized spacial score (nSPS) is 25.7. The van der Waals surface area contributed by atoms with Gasteiger partial charge in [-0.15, -0.1) is 0 Å². The first-order chi connectivity index (χ1) is 9.95. The van der Waals surface area contributed by atoms with Crippen LogP contribution in [0.5, 0.6) is 0 Å². The minimum absolute atomic E-state index is 0.255. The Morgan fingerprint density at radius 1 is 1.33 bits per heavy atom. The van der Waals surface area contributed by atoms with Crippen molar-refractivity contribution in [1.29, 1.82) is 0 Å². The summed E-state index contributed by atoms with van der Waals surface area (Å²) in [5, 5.41) is 7.12. The van der Waals surface area contributed by atoms with E-state index in [4.69, 9.17) is 12.2 Å². The van der Waals surface area contributed by atoms with Gasteiger partial charge in [0, 0.05) is 11.7 Å². The Balaban J connectivity index is 1.96. The Bertz CT molecular complexity index is 489. The van der Waals surface area contributed by atoms with Gasteiger partial charge in [-0.3, -0.25) is 0 Å². The molecule has 1 aromatic rings. The van der Waals surface area contributed by atoms with Crippen LogP contribution in [0.4, 0.5) is 10.1 Å². The van der Waals surface area contributed by atoms with Gasteiger partial charge in [0.25, 0.3) is 0 Å². The summed E-state index contributed by atoms with van der Waals surface area (Å²) in [5.41, 5.74) is 0.692. The van der Waals surface area contributed by atoms with E-state index in [1.807, 2.05) is 6.07 Å². The zero-order valence-corrected chi connectivity index (χ0v) is 13.8. The molecule has 3 atom stereocenters. The fourth-order valence-electron chi connectivity index (χ4n) is 3.27. The van der Waals surface area contributed by atoms with E-state index in [0.29, 0.717) is 28.7 Å². The number of hydrogen-bond acceptors (Lipinski definition) is 1. The van der Waals surface area contributed by atoms with Crippen molar-refractivity contribution < 1.29 is 4.39 Å². The van der Waals surface area contributed by atoms with Gasteiger partial charge in [0.15, 0.2) is 5.11 Å². The molecule has 1 aliphatic carbocycles. The van der Waals surface area contributed by atoms with E-state index in [1.165, 1.54) is 25.0 Å². The van der Waals surface area contributed by atoms with E-state index in [1.54, 1.807) is 6.07 Å². The maximum Gasteiger partial charge on any atom is 0.171 e.